The second kappa shape index (κ2) is 7.93. The second-order valence-electron chi connectivity index (χ2n) is 7.29. The number of carboxylic acid groups (broad SMARTS) is 1. The van der Waals surface area contributed by atoms with Crippen molar-refractivity contribution in [1.82, 2.24) is 9.29 Å². The summed E-state index contributed by atoms with van der Waals surface area (Å²) in [6.07, 6.45) is 0.623. The molecule has 7 heteroatoms. The summed E-state index contributed by atoms with van der Waals surface area (Å²) < 4.78 is 30.3. The lowest BCUT2D eigenvalue weighted by Gasteiger charge is -2.15. The predicted octanol–water partition coefficient (Wildman–Crippen LogP) is 3.70. The van der Waals surface area contributed by atoms with Crippen molar-refractivity contribution >= 4 is 37.8 Å². The Morgan fingerprint density at radius 2 is 1.63 bits per heavy atom. The second-order valence-corrected chi connectivity index (χ2v) is 9.01. The third-order valence-corrected chi connectivity index (χ3v) is 6.82. The minimum atomic E-state index is -4.00. The zero-order chi connectivity index (χ0) is 21.3. The van der Waals surface area contributed by atoms with Crippen molar-refractivity contribution in [3.63, 3.8) is 0 Å². The molecule has 2 N–H and O–H groups in total. The monoisotopic (exact) mass is 422 g/mol. The van der Waals surface area contributed by atoms with Crippen LogP contribution in [0.25, 0.3) is 21.8 Å². The normalized spacial score (nSPS) is 13.0. The largest absolute Gasteiger partial charge is 0.480 e. The van der Waals surface area contributed by atoms with Crippen LogP contribution < -0.4 is 4.72 Å². The number of carboxylic acids is 1. The van der Waals surface area contributed by atoms with E-state index in [2.05, 4.69) is 4.72 Å². The summed E-state index contributed by atoms with van der Waals surface area (Å²) in [5.41, 5.74) is 2.87. The highest BCUT2D eigenvalue weighted by atomic mass is 32.2. The fourth-order valence-corrected chi connectivity index (χ4v) is 5.01. The van der Waals surface area contributed by atoms with Crippen molar-refractivity contribution in [2.24, 2.45) is 7.05 Å². The van der Waals surface area contributed by atoms with Gasteiger partial charge < -0.3 is 9.67 Å². The van der Waals surface area contributed by atoms with Gasteiger partial charge >= 0.3 is 5.97 Å². The third kappa shape index (κ3) is 3.81. The first-order chi connectivity index (χ1) is 14.4. The number of aromatic nitrogens is 1. The number of nitrogens with zero attached hydrogens (tertiary/aromatic N) is 1. The van der Waals surface area contributed by atoms with Gasteiger partial charge in [0.15, 0.2) is 0 Å². The molecule has 0 fully saturated rings. The van der Waals surface area contributed by atoms with Gasteiger partial charge in [-0.05, 0) is 42.7 Å². The number of sulfonamides is 1. The molecule has 30 heavy (non-hydrogen) atoms. The van der Waals surface area contributed by atoms with E-state index in [1.807, 2.05) is 66.2 Å². The Kier molecular flexibility index (Phi) is 5.32. The van der Waals surface area contributed by atoms with Crippen molar-refractivity contribution in [1.29, 1.82) is 0 Å². The summed E-state index contributed by atoms with van der Waals surface area (Å²) in [4.78, 5) is 11.7. The molecule has 6 nitrogen and oxygen atoms in total. The lowest BCUT2D eigenvalue weighted by molar-refractivity contribution is -0.139. The van der Waals surface area contributed by atoms with Crippen LogP contribution >= 0.6 is 0 Å². The third-order valence-electron chi connectivity index (χ3n) is 5.36. The number of hydrogen-bond acceptors (Lipinski definition) is 3. The van der Waals surface area contributed by atoms with Gasteiger partial charge in [-0.3, -0.25) is 4.79 Å². The topological polar surface area (TPSA) is 88.4 Å². The Morgan fingerprint density at radius 1 is 0.967 bits per heavy atom. The molecule has 0 aliphatic carbocycles. The molecule has 3 aromatic carbocycles. The number of hydrogen-bond donors (Lipinski definition) is 2. The Hall–Kier alpha value is -3.16. The van der Waals surface area contributed by atoms with Crippen molar-refractivity contribution in [2.45, 2.75) is 23.8 Å². The molecule has 154 valence electrons. The Bertz CT molecular complexity index is 1330. The number of aryl methyl sites for hydroxylation is 2. The molecule has 1 aromatic heterocycles. The molecule has 4 aromatic rings. The number of carbonyl (C=O) groups is 1. The summed E-state index contributed by atoms with van der Waals surface area (Å²) in [6.45, 7) is 0. The molecule has 0 spiro atoms. The standard InChI is InChI=1S/C23H22N2O4S/c1-25-21-10-6-5-9-18(21)19-15-17(12-14-22(19)25)30(28,29)24-20(23(26)27)13-11-16-7-3-2-4-8-16/h2-10,12,14-15,20,24H,11,13H2,1H3,(H,26,27)/t20-/m0/s1. The number of benzene rings is 3. The number of para-hydroxylation sites is 1. The molecule has 0 saturated heterocycles. The first-order valence-corrected chi connectivity index (χ1v) is 11.1. The molecule has 0 bridgehead atoms. The van der Waals surface area contributed by atoms with Crippen LogP contribution in [0.5, 0.6) is 0 Å². The van der Waals surface area contributed by atoms with Gasteiger partial charge in [0, 0.05) is 28.9 Å². The van der Waals surface area contributed by atoms with Crippen LogP contribution in [0.4, 0.5) is 0 Å². The van der Waals surface area contributed by atoms with Crippen LogP contribution in [0.2, 0.25) is 0 Å². The predicted molar refractivity (Wildman–Crippen MR) is 117 cm³/mol. The van der Waals surface area contributed by atoms with E-state index in [1.165, 1.54) is 6.07 Å². The van der Waals surface area contributed by atoms with E-state index >= 15 is 0 Å². The highest BCUT2D eigenvalue weighted by Gasteiger charge is 2.26. The van der Waals surface area contributed by atoms with Gasteiger partial charge in [-0.15, -0.1) is 0 Å². The van der Waals surface area contributed by atoms with E-state index in [9.17, 15) is 18.3 Å². The summed E-state index contributed by atoms with van der Waals surface area (Å²) in [5.74, 6) is -1.19. The average molecular weight is 423 g/mol. The van der Waals surface area contributed by atoms with E-state index in [4.69, 9.17) is 0 Å². The van der Waals surface area contributed by atoms with E-state index in [0.29, 0.717) is 6.42 Å². The number of aliphatic carboxylic acids is 1. The van der Waals surface area contributed by atoms with E-state index in [1.54, 1.807) is 12.1 Å². The van der Waals surface area contributed by atoms with Gasteiger partial charge in [-0.2, -0.15) is 4.72 Å². The first kappa shape index (κ1) is 20.1. The molecule has 0 radical (unpaired) electrons. The minimum absolute atomic E-state index is 0.0531. The summed E-state index contributed by atoms with van der Waals surface area (Å²) in [6, 6.07) is 20.8. The first-order valence-electron chi connectivity index (χ1n) is 9.63. The fraction of sp³-hybridized carbons (Fsp3) is 0.174. The fourth-order valence-electron chi connectivity index (χ4n) is 3.76. The average Bonchev–Trinajstić information content (AvgIpc) is 3.04. The number of rotatable bonds is 7. The van der Waals surface area contributed by atoms with Gasteiger partial charge in [0.1, 0.15) is 6.04 Å². The summed E-state index contributed by atoms with van der Waals surface area (Å²) in [7, 11) is -2.07. The maximum Gasteiger partial charge on any atom is 0.321 e. The minimum Gasteiger partial charge on any atom is -0.480 e. The van der Waals surface area contributed by atoms with Crippen molar-refractivity contribution in [3.05, 3.63) is 78.4 Å². The van der Waals surface area contributed by atoms with E-state index in [0.717, 1.165) is 27.4 Å². The Labute approximate surface area is 174 Å². The van der Waals surface area contributed by atoms with Crippen molar-refractivity contribution < 1.29 is 18.3 Å². The molecule has 1 heterocycles. The summed E-state index contributed by atoms with van der Waals surface area (Å²) in [5, 5.41) is 11.3. The lowest BCUT2D eigenvalue weighted by atomic mass is 10.1. The van der Waals surface area contributed by atoms with Crippen LogP contribution in [0.15, 0.2) is 77.7 Å². The van der Waals surface area contributed by atoms with Crippen molar-refractivity contribution in [2.75, 3.05) is 0 Å². The van der Waals surface area contributed by atoms with Crippen LogP contribution in [-0.2, 0) is 28.3 Å². The van der Waals surface area contributed by atoms with Crippen LogP contribution in [0.3, 0.4) is 0 Å². The molecule has 4 rings (SSSR count). The maximum atomic E-state index is 13.0. The molecular formula is C23H22N2O4S. The maximum absolute atomic E-state index is 13.0. The smallest absolute Gasteiger partial charge is 0.321 e. The van der Waals surface area contributed by atoms with Crippen LogP contribution in [0, 0.1) is 0 Å². The van der Waals surface area contributed by atoms with Gasteiger partial charge in [0.05, 0.1) is 4.90 Å². The molecule has 0 amide bonds. The molecular weight excluding hydrogens is 400 g/mol. The highest BCUT2D eigenvalue weighted by Crippen LogP contribution is 2.29. The van der Waals surface area contributed by atoms with Crippen LogP contribution in [0.1, 0.15) is 12.0 Å². The molecule has 0 unspecified atom stereocenters. The van der Waals surface area contributed by atoms with Crippen molar-refractivity contribution in [3.8, 4) is 0 Å². The Morgan fingerprint density at radius 3 is 2.37 bits per heavy atom. The highest BCUT2D eigenvalue weighted by molar-refractivity contribution is 7.89. The van der Waals surface area contributed by atoms with E-state index in [-0.39, 0.29) is 11.3 Å². The molecule has 0 aliphatic heterocycles. The molecule has 1 atom stereocenters. The quantitative estimate of drug-likeness (QED) is 0.475. The van der Waals surface area contributed by atoms with Gasteiger partial charge in [-0.1, -0.05) is 48.5 Å². The zero-order valence-corrected chi connectivity index (χ0v) is 17.3. The molecule has 0 saturated carbocycles. The number of nitrogens with one attached hydrogen (secondary N) is 1. The number of fused-ring (bicyclic) bond motifs is 3. The van der Waals surface area contributed by atoms with E-state index < -0.39 is 22.0 Å². The van der Waals surface area contributed by atoms with Crippen LogP contribution in [-0.4, -0.2) is 30.1 Å². The SMILES string of the molecule is Cn1c2ccccc2c2cc(S(=O)(=O)N[C@@H](CCc3ccccc3)C(=O)O)ccc21. The van der Waals surface area contributed by atoms with Gasteiger partial charge in [0.25, 0.3) is 0 Å². The van der Waals surface area contributed by atoms with Gasteiger partial charge in [0.2, 0.25) is 10.0 Å². The lowest BCUT2D eigenvalue weighted by Crippen LogP contribution is -2.41. The zero-order valence-electron chi connectivity index (χ0n) is 16.4. The summed E-state index contributed by atoms with van der Waals surface area (Å²) >= 11 is 0. The molecule has 0 aliphatic rings. The van der Waals surface area contributed by atoms with Gasteiger partial charge in [-0.25, -0.2) is 8.42 Å². The Balaban J connectivity index is 1.63.